The lowest BCUT2D eigenvalue weighted by Crippen LogP contribution is -2.03. The molecule has 0 spiro atoms. The lowest BCUT2D eigenvalue weighted by Gasteiger charge is -2.12. The maximum absolute atomic E-state index is 4.70. The highest BCUT2D eigenvalue weighted by Crippen LogP contribution is 2.43. The molecule has 3 atom stereocenters. The SMILES string of the molecule is CON=C(C)C=CC1CC2C=CC1C2. The second kappa shape index (κ2) is 3.99. The van der Waals surface area contributed by atoms with Gasteiger partial charge < -0.3 is 4.84 Å². The van der Waals surface area contributed by atoms with Gasteiger partial charge in [-0.05, 0) is 43.6 Å². The van der Waals surface area contributed by atoms with Crippen molar-refractivity contribution in [2.24, 2.45) is 22.9 Å². The van der Waals surface area contributed by atoms with E-state index in [0.29, 0.717) is 0 Å². The molecule has 2 bridgehead atoms. The van der Waals surface area contributed by atoms with Crippen molar-refractivity contribution < 1.29 is 4.84 Å². The van der Waals surface area contributed by atoms with Crippen LogP contribution in [0.15, 0.2) is 29.5 Å². The van der Waals surface area contributed by atoms with Gasteiger partial charge in [-0.2, -0.15) is 0 Å². The van der Waals surface area contributed by atoms with Crippen molar-refractivity contribution in [3.05, 3.63) is 24.3 Å². The molecule has 2 heteroatoms. The lowest BCUT2D eigenvalue weighted by molar-refractivity contribution is 0.213. The van der Waals surface area contributed by atoms with Crippen molar-refractivity contribution in [1.82, 2.24) is 0 Å². The van der Waals surface area contributed by atoms with Gasteiger partial charge in [0, 0.05) is 0 Å². The normalized spacial score (nSPS) is 35.9. The summed E-state index contributed by atoms with van der Waals surface area (Å²) in [6.45, 7) is 1.96. The average Bonchev–Trinajstić information content (AvgIpc) is 2.76. The summed E-state index contributed by atoms with van der Waals surface area (Å²) < 4.78 is 0. The van der Waals surface area contributed by atoms with Crippen molar-refractivity contribution in [3.63, 3.8) is 0 Å². The van der Waals surface area contributed by atoms with E-state index >= 15 is 0 Å². The zero-order valence-electron chi connectivity index (χ0n) is 8.81. The van der Waals surface area contributed by atoms with E-state index in [1.54, 1.807) is 7.11 Å². The fourth-order valence-corrected chi connectivity index (χ4v) is 2.48. The minimum absolute atomic E-state index is 0.729. The second-order valence-electron chi connectivity index (χ2n) is 4.22. The third-order valence-electron chi connectivity index (χ3n) is 3.15. The zero-order chi connectivity index (χ0) is 9.97. The molecule has 0 aromatic rings. The maximum Gasteiger partial charge on any atom is 0.106 e. The molecule has 3 unspecified atom stereocenters. The number of fused-ring (bicyclic) bond motifs is 2. The molecule has 0 saturated heterocycles. The smallest absolute Gasteiger partial charge is 0.106 e. The molecular formula is C12H17NO. The van der Waals surface area contributed by atoms with Gasteiger partial charge >= 0.3 is 0 Å². The first-order valence-electron chi connectivity index (χ1n) is 5.24. The Balaban J connectivity index is 1.92. The van der Waals surface area contributed by atoms with Crippen molar-refractivity contribution in [1.29, 1.82) is 0 Å². The Morgan fingerprint density at radius 3 is 2.86 bits per heavy atom. The van der Waals surface area contributed by atoms with Crippen LogP contribution in [0.25, 0.3) is 0 Å². The Hall–Kier alpha value is -1.05. The maximum atomic E-state index is 4.70. The summed E-state index contributed by atoms with van der Waals surface area (Å²) in [4.78, 5) is 4.70. The van der Waals surface area contributed by atoms with Gasteiger partial charge in [0.25, 0.3) is 0 Å². The van der Waals surface area contributed by atoms with E-state index < -0.39 is 0 Å². The predicted molar refractivity (Wildman–Crippen MR) is 58.1 cm³/mol. The van der Waals surface area contributed by atoms with Crippen molar-refractivity contribution >= 4 is 5.71 Å². The van der Waals surface area contributed by atoms with Gasteiger partial charge in [0.2, 0.25) is 0 Å². The second-order valence-corrected chi connectivity index (χ2v) is 4.22. The molecule has 14 heavy (non-hydrogen) atoms. The number of hydrogen-bond donors (Lipinski definition) is 0. The quantitative estimate of drug-likeness (QED) is 0.382. The Bertz CT molecular complexity index is 291. The summed E-state index contributed by atoms with van der Waals surface area (Å²) in [6.07, 6.45) is 11.8. The topological polar surface area (TPSA) is 21.6 Å². The summed E-state index contributed by atoms with van der Waals surface area (Å²) in [6, 6.07) is 0. The first-order chi connectivity index (χ1) is 6.79. The fraction of sp³-hybridized carbons (Fsp3) is 0.583. The summed E-state index contributed by atoms with van der Waals surface area (Å²) >= 11 is 0. The fourth-order valence-electron chi connectivity index (χ4n) is 2.48. The standard InChI is InChI=1S/C12H17NO/c1-9(13-14-2)3-5-11-7-10-4-6-12(11)8-10/h3-6,10-12H,7-8H2,1-2H3. The largest absolute Gasteiger partial charge is 0.399 e. The van der Waals surface area contributed by atoms with Gasteiger partial charge in [-0.1, -0.05) is 23.4 Å². The van der Waals surface area contributed by atoms with Gasteiger partial charge in [0.05, 0.1) is 5.71 Å². The molecule has 0 aliphatic heterocycles. The van der Waals surface area contributed by atoms with E-state index in [1.807, 2.05) is 6.92 Å². The monoisotopic (exact) mass is 191 g/mol. The molecule has 0 heterocycles. The van der Waals surface area contributed by atoms with Crippen LogP contribution in [0.3, 0.4) is 0 Å². The molecule has 0 N–H and O–H groups in total. The van der Waals surface area contributed by atoms with E-state index in [-0.39, 0.29) is 0 Å². The molecule has 2 aliphatic carbocycles. The molecule has 0 radical (unpaired) electrons. The molecule has 2 rings (SSSR count). The first-order valence-corrected chi connectivity index (χ1v) is 5.24. The van der Waals surface area contributed by atoms with Crippen LogP contribution in [0.4, 0.5) is 0 Å². The lowest BCUT2D eigenvalue weighted by atomic mass is 9.93. The highest BCUT2D eigenvalue weighted by Gasteiger charge is 2.33. The van der Waals surface area contributed by atoms with Crippen LogP contribution in [-0.2, 0) is 4.84 Å². The predicted octanol–water partition coefficient (Wildman–Crippen LogP) is 2.78. The Kier molecular flexibility index (Phi) is 2.71. The molecule has 2 nitrogen and oxygen atoms in total. The molecule has 0 aromatic heterocycles. The third-order valence-corrected chi connectivity index (χ3v) is 3.15. The Morgan fingerprint density at radius 1 is 1.43 bits per heavy atom. The number of allylic oxidation sites excluding steroid dienone is 4. The van der Waals surface area contributed by atoms with Crippen LogP contribution < -0.4 is 0 Å². The molecule has 0 aromatic carbocycles. The third kappa shape index (κ3) is 1.89. The summed E-state index contributed by atoms with van der Waals surface area (Å²) in [5, 5.41) is 3.86. The minimum Gasteiger partial charge on any atom is -0.399 e. The van der Waals surface area contributed by atoms with Gasteiger partial charge in [-0.15, -0.1) is 0 Å². The van der Waals surface area contributed by atoms with Crippen molar-refractivity contribution in [3.8, 4) is 0 Å². The van der Waals surface area contributed by atoms with Gasteiger partial charge in [0.1, 0.15) is 7.11 Å². The van der Waals surface area contributed by atoms with Gasteiger partial charge in [0.15, 0.2) is 0 Å². The highest BCUT2D eigenvalue weighted by molar-refractivity contribution is 5.92. The Labute approximate surface area is 85.3 Å². The average molecular weight is 191 g/mol. The van der Waals surface area contributed by atoms with E-state index in [0.717, 1.165) is 23.5 Å². The number of rotatable bonds is 3. The van der Waals surface area contributed by atoms with Crippen molar-refractivity contribution in [2.45, 2.75) is 19.8 Å². The van der Waals surface area contributed by atoms with Gasteiger partial charge in [-0.3, -0.25) is 0 Å². The van der Waals surface area contributed by atoms with Gasteiger partial charge in [-0.25, -0.2) is 0 Å². The van der Waals surface area contributed by atoms with Crippen LogP contribution in [0.5, 0.6) is 0 Å². The van der Waals surface area contributed by atoms with Crippen LogP contribution in [-0.4, -0.2) is 12.8 Å². The molecule has 2 aliphatic rings. The van der Waals surface area contributed by atoms with E-state index in [4.69, 9.17) is 4.84 Å². The number of hydrogen-bond acceptors (Lipinski definition) is 2. The zero-order valence-corrected chi connectivity index (χ0v) is 8.81. The number of oxime groups is 1. The molecule has 1 fully saturated rings. The van der Waals surface area contributed by atoms with Crippen LogP contribution in [0.2, 0.25) is 0 Å². The number of nitrogens with zero attached hydrogens (tertiary/aromatic N) is 1. The summed E-state index contributed by atoms with van der Waals surface area (Å²) in [5.74, 6) is 2.35. The summed E-state index contributed by atoms with van der Waals surface area (Å²) in [7, 11) is 1.58. The Morgan fingerprint density at radius 2 is 2.29 bits per heavy atom. The summed E-state index contributed by atoms with van der Waals surface area (Å²) in [5.41, 5.74) is 0.944. The van der Waals surface area contributed by atoms with Crippen molar-refractivity contribution in [2.75, 3.05) is 7.11 Å². The first kappa shape index (κ1) is 9.50. The van der Waals surface area contributed by atoms with Crippen LogP contribution in [0, 0.1) is 17.8 Å². The molecule has 76 valence electrons. The molecule has 1 saturated carbocycles. The minimum atomic E-state index is 0.729. The van der Waals surface area contributed by atoms with Crippen LogP contribution >= 0.6 is 0 Å². The molecular weight excluding hydrogens is 174 g/mol. The van der Waals surface area contributed by atoms with Crippen LogP contribution in [0.1, 0.15) is 19.8 Å². The molecule has 0 amide bonds. The van der Waals surface area contributed by atoms with E-state index in [1.165, 1.54) is 12.8 Å². The van der Waals surface area contributed by atoms with E-state index in [9.17, 15) is 0 Å². The highest BCUT2D eigenvalue weighted by atomic mass is 16.6. The van der Waals surface area contributed by atoms with E-state index in [2.05, 4.69) is 29.5 Å².